The Morgan fingerprint density at radius 2 is 1.88 bits per heavy atom. The van der Waals surface area contributed by atoms with Gasteiger partial charge < -0.3 is 15.0 Å². The first kappa shape index (κ1) is 18.0. The molecule has 5 nitrogen and oxygen atoms in total. The number of aliphatic imine (C=N–C) groups is 1. The third-order valence-electron chi connectivity index (χ3n) is 6.15. The highest BCUT2D eigenvalue weighted by Gasteiger charge is 2.39. The van der Waals surface area contributed by atoms with Crippen molar-refractivity contribution in [1.82, 2.24) is 15.1 Å². The predicted molar refractivity (Wildman–Crippen MR) is 99.5 cm³/mol. The summed E-state index contributed by atoms with van der Waals surface area (Å²) in [6.07, 6.45) is 8.50. The molecule has 3 aliphatic rings. The van der Waals surface area contributed by atoms with Crippen LogP contribution in [0, 0.1) is 11.3 Å². The number of hydrogen-bond donors (Lipinski definition) is 1. The molecule has 1 N–H and O–H groups in total. The van der Waals surface area contributed by atoms with Gasteiger partial charge in [0.05, 0.1) is 13.2 Å². The molecule has 3 rings (SSSR count). The van der Waals surface area contributed by atoms with Crippen molar-refractivity contribution in [1.29, 1.82) is 0 Å². The zero-order valence-corrected chi connectivity index (χ0v) is 15.7. The van der Waals surface area contributed by atoms with Gasteiger partial charge in [0.2, 0.25) is 0 Å². The Balaban J connectivity index is 1.43. The van der Waals surface area contributed by atoms with Crippen molar-refractivity contribution in [2.75, 3.05) is 59.5 Å². The zero-order valence-electron chi connectivity index (χ0n) is 15.7. The van der Waals surface area contributed by atoms with Crippen LogP contribution in [-0.2, 0) is 4.74 Å². The van der Waals surface area contributed by atoms with Gasteiger partial charge in [-0.25, -0.2) is 0 Å². The van der Waals surface area contributed by atoms with E-state index in [4.69, 9.17) is 4.74 Å². The number of nitrogens with one attached hydrogen (secondary N) is 1. The fourth-order valence-electron chi connectivity index (χ4n) is 4.71. The Bertz CT molecular complexity index is 414. The third-order valence-corrected chi connectivity index (χ3v) is 6.15. The van der Waals surface area contributed by atoms with E-state index in [9.17, 15) is 0 Å². The summed E-state index contributed by atoms with van der Waals surface area (Å²) in [5, 5.41) is 3.64. The first-order valence-electron chi connectivity index (χ1n) is 9.96. The first-order valence-corrected chi connectivity index (χ1v) is 9.96. The molecule has 0 aromatic carbocycles. The second-order valence-corrected chi connectivity index (χ2v) is 8.18. The highest BCUT2D eigenvalue weighted by Crippen LogP contribution is 2.43. The number of rotatable bonds is 4. The molecule has 0 radical (unpaired) electrons. The molecule has 1 spiro atoms. The maximum atomic E-state index is 5.44. The van der Waals surface area contributed by atoms with Crippen molar-refractivity contribution in [2.45, 2.75) is 45.4 Å². The second-order valence-electron chi connectivity index (χ2n) is 8.18. The van der Waals surface area contributed by atoms with Crippen molar-refractivity contribution in [2.24, 2.45) is 16.3 Å². The van der Waals surface area contributed by atoms with Crippen LogP contribution in [0.3, 0.4) is 0 Å². The van der Waals surface area contributed by atoms with E-state index in [-0.39, 0.29) is 0 Å². The summed E-state index contributed by atoms with van der Waals surface area (Å²) < 4.78 is 5.44. The van der Waals surface area contributed by atoms with Crippen LogP contribution in [0.1, 0.15) is 45.4 Å². The molecule has 1 saturated carbocycles. The van der Waals surface area contributed by atoms with E-state index in [1.54, 1.807) is 0 Å². The van der Waals surface area contributed by atoms with Gasteiger partial charge in [-0.2, -0.15) is 0 Å². The summed E-state index contributed by atoms with van der Waals surface area (Å²) in [6, 6.07) is 0. The Morgan fingerprint density at radius 1 is 1.12 bits per heavy atom. The minimum absolute atomic E-state index is 0.593. The van der Waals surface area contributed by atoms with E-state index < -0.39 is 0 Å². The number of nitrogens with zero attached hydrogens (tertiary/aromatic N) is 3. The van der Waals surface area contributed by atoms with Gasteiger partial charge in [-0.05, 0) is 30.6 Å². The quantitative estimate of drug-likeness (QED) is 0.631. The Hall–Kier alpha value is -0.810. The molecule has 5 heteroatoms. The molecule has 2 aliphatic heterocycles. The normalized spacial score (nSPS) is 26.8. The third kappa shape index (κ3) is 4.63. The van der Waals surface area contributed by atoms with Crippen LogP contribution in [0.4, 0.5) is 0 Å². The lowest BCUT2D eigenvalue weighted by molar-refractivity contribution is 0.0320. The lowest BCUT2D eigenvalue weighted by Crippen LogP contribution is -2.45. The van der Waals surface area contributed by atoms with Gasteiger partial charge in [-0.15, -0.1) is 0 Å². The van der Waals surface area contributed by atoms with E-state index in [1.807, 2.05) is 7.05 Å². The van der Waals surface area contributed by atoms with Gasteiger partial charge in [0.1, 0.15) is 0 Å². The van der Waals surface area contributed by atoms with Crippen molar-refractivity contribution in [3.8, 4) is 0 Å². The van der Waals surface area contributed by atoms with E-state index in [0.717, 1.165) is 45.4 Å². The van der Waals surface area contributed by atoms with Gasteiger partial charge in [0.15, 0.2) is 5.96 Å². The number of morpholine rings is 1. The topological polar surface area (TPSA) is 40.1 Å². The SMILES string of the molecule is CN=C(NCC(C)CN1CCOCC1)N1CCC2(CCCCC2)C1. The summed E-state index contributed by atoms with van der Waals surface area (Å²) in [5.41, 5.74) is 0.593. The fraction of sp³-hybridized carbons (Fsp3) is 0.947. The van der Waals surface area contributed by atoms with E-state index in [0.29, 0.717) is 11.3 Å². The van der Waals surface area contributed by atoms with Crippen LogP contribution in [0.15, 0.2) is 4.99 Å². The fourth-order valence-corrected chi connectivity index (χ4v) is 4.71. The summed E-state index contributed by atoms with van der Waals surface area (Å²) in [4.78, 5) is 9.59. The predicted octanol–water partition coefficient (Wildman–Crippen LogP) is 2.19. The molecule has 3 fully saturated rings. The van der Waals surface area contributed by atoms with Gasteiger partial charge in [0.25, 0.3) is 0 Å². The molecule has 1 atom stereocenters. The zero-order chi connectivity index (χ0) is 16.8. The average molecular weight is 337 g/mol. The lowest BCUT2D eigenvalue weighted by atomic mass is 9.73. The molecule has 0 amide bonds. The van der Waals surface area contributed by atoms with E-state index in [2.05, 4.69) is 27.0 Å². The number of likely N-dealkylation sites (tertiary alicyclic amines) is 1. The molecule has 138 valence electrons. The van der Waals surface area contributed by atoms with Crippen molar-refractivity contribution >= 4 is 5.96 Å². The monoisotopic (exact) mass is 336 g/mol. The van der Waals surface area contributed by atoms with Crippen LogP contribution in [0.5, 0.6) is 0 Å². The van der Waals surface area contributed by atoms with Crippen LogP contribution in [-0.4, -0.2) is 75.3 Å². The molecule has 0 aromatic heterocycles. The number of hydrogen-bond acceptors (Lipinski definition) is 3. The molecule has 0 bridgehead atoms. The smallest absolute Gasteiger partial charge is 0.193 e. The Kier molecular flexibility index (Phi) is 6.39. The first-order chi connectivity index (χ1) is 11.7. The van der Waals surface area contributed by atoms with Crippen LogP contribution in [0.2, 0.25) is 0 Å². The minimum atomic E-state index is 0.593. The summed E-state index contributed by atoms with van der Waals surface area (Å²) in [7, 11) is 1.93. The average Bonchev–Trinajstić information content (AvgIpc) is 3.00. The molecule has 24 heavy (non-hydrogen) atoms. The van der Waals surface area contributed by atoms with E-state index in [1.165, 1.54) is 51.6 Å². The number of ether oxygens (including phenoxy) is 1. The maximum Gasteiger partial charge on any atom is 0.193 e. The van der Waals surface area contributed by atoms with E-state index >= 15 is 0 Å². The number of guanidine groups is 1. The van der Waals surface area contributed by atoms with Gasteiger partial charge in [0, 0.05) is 46.3 Å². The maximum absolute atomic E-state index is 5.44. The summed E-state index contributed by atoms with van der Waals surface area (Å²) >= 11 is 0. The van der Waals surface area contributed by atoms with Crippen molar-refractivity contribution in [3.05, 3.63) is 0 Å². The Labute approximate surface area is 147 Å². The standard InChI is InChI=1S/C19H36N4O/c1-17(15-22-10-12-24-13-11-22)14-21-18(20-2)23-9-8-19(16-23)6-4-3-5-7-19/h17H,3-16H2,1-2H3,(H,20,21). The molecule has 1 unspecified atom stereocenters. The lowest BCUT2D eigenvalue weighted by Gasteiger charge is -2.34. The highest BCUT2D eigenvalue weighted by molar-refractivity contribution is 5.80. The molecule has 1 aliphatic carbocycles. The van der Waals surface area contributed by atoms with Crippen LogP contribution >= 0.6 is 0 Å². The van der Waals surface area contributed by atoms with Gasteiger partial charge in [-0.1, -0.05) is 26.2 Å². The van der Waals surface area contributed by atoms with Crippen LogP contribution in [0.25, 0.3) is 0 Å². The second kappa shape index (κ2) is 8.52. The van der Waals surface area contributed by atoms with Crippen molar-refractivity contribution < 1.29 is 4.74 Å². The Morgan fingerprint density at radius 3 is 2.58 bits per heavy atom. The van der Waals surface area contributed by atoms with Crippen molar-refractivity contribution in [3.63, 3.8) is 0 Å². The summed E-state index contributed by atoms with van der Waals surface area (Å²) in [6.45, 7) is 10.8. The minimum Gasteiger partial charge on any atom is -0.379 e. The molecular weight excluding hydrogens is 300 g/mol. The van der Waals surface area contributed by atoms with Gasteiger partial charge in [-0.3, -0.25) is 9.89 Å². The molecular formula is C19H36N4O. The largest absolute Gasteiger partial charge is 0.379 e. The molecule has 2 saturated heterocycles. The van der Waals surface area contributed by atoms with Gasteiger partial charge >= 0.3 is 0 Å². The van der Waals surface area contributed by atoms with Crippen LogP contribution < -0.4 is 5.32 Å². The summed E-state index contributed by atoms with van der Waals surface area (Å²) in [5.74, 6) is 1.75. The molecule has 2 heterocycles. The highest BCUT2D eigenvalue weighted by atomic mass is 16.5. The molecule has 0 aromatic rings.